The van der Waals surface area contributed by atoms with Gasteiger partial charge in [0, 0.05) is 30.9 Å². The largest absolute Gasteiger partial charge is 0.493 e. The Morgan fingerprint density at radius 1 is 1.23 bits per heavy atom. The van der Waals surface area contributed by atoms with Crippen LogP contribution < -0.4 is 20.1 Å². The van der Waals surface area contributed by atoms with Gasteiger partial charge in [-0.15, -0.1) is 11.6 Å². The highest BCUT2D eigenvalue weighted by molar-refractivity contribution is 6.18. The molecule has 9 heteroatoms. The number of alkyl halides is 1. The van der Waals surface area contributed by atoms with Crippen LogP contribution in [-0.4, -0.2) is 67.3 Å². The average Bonchev–Trinajstić information content (AvgIpc) is 2.72. The van der Waals surface area contributed by atoms with Crippen molar-refractivity contribution >= 4 is 23.6 Å². The van der Waals surface area contributed by atoms with E-state index in [-0.39, 0.29) is 23.9 Å². The van der Waals surface area contributed by atoms with Crippen molar-refractivity contribution in [1.29, 1.82) is 0 Å². The molecule has 0 radical (unpaired) electrons. The van der Waals surface area contributed by atoms with Crippen molar-refractivity contribution in [3.63, 3.8) is 0 Å². The SMILES string of the molecule is COc1cc2c(cc1OC)C1CC(NC(=O)O)C(NC(=O)C(C)CCCl)CN1CC2. The Balaban J connectivity index is 1.84. The normalized spacial score (nSPS) is 24.2. The molecule has 2 aliphatic rings. The Labute approximate surface area is 181 Å². The summed E-state index contributed by atoms with van der Waals surface area (Å²) >= 11 is 5.77. The van der Waals surface area contributed by atoms with E-state index in [1.807, 2.05) is 19.1 Å². The number of carbonyl (C=O) groups excluding carboxylic acids is 1. The van der Waals surface area contributed by atoms with E-state index in [0.29, 0.717) is 36.8 Å². The van der Waals surface area contributed by atoms with Crippen LogP contribution in [0.3, 0.4) is 0 Å². The summed E-state index contributed by atoms with van der Waals surface area (Å²) in [6.45, 7) is 3.24. The van der Waals surface area contributed by atoms with Crippen molar-refractivity contribution < 1.29 is 24.2 Å². The lowest BCUT2D eigenvalue weighted by atomic mass is 9.82. The van der Waals surface area contributed by atoms with Gasteiger partial charge in [-0.05, 0) is 42.5 Å². The van der Waals surface area contributed by atoms with Gasteiger partial charge in [-0.2, -0.15) is 0 Å². The van der Waals surface area contributed by atoms with E-state index in [2.05, 4.69) is 15.5 Å². The maximum Gasteiger partial charge on any atom is 0.404 e. The Morgan fingerprint density at radius 2 is 1.93 bits per heavy atom. The second kappa shape index (κ2) is 9.75. The first-order valence-corrected chi connectivity index (χ1v) is 10.8. The zero-order chi connectivity index (χ0) is 21.8. The minimum atomic E-state index is -1.09. The summed E-state index contributed by atoms with van der Waals surface area (Å²) in [5, 5.41) is 15.0. The molecule has 4 atom stereocenters. The van der Waals surface area contributed by atoms with Crippen molar-refractivity contribution in [2.45, 2.75) is 44.3 Å². The number of piperidine rings is 1. The fourth-order valence-corrected chi connectivity index (χ4v) is 4.77. The first-order valence-electron chi connectivity index (χ1n) is 10.2. The molecule has 0 aromatic heterocycles. The molecule has 0 saturated carbocycles. The predicted octanol–water partition coefficient (Wildman–Crippen LogP) is 2.39. The van der Waals surface area contributed by atoms with Crippen LogP contribution in [0.4, 0.5) is 4.79 Å². The Morgan fingerprint density at radius 3 is 2.57 bits per heavy atom. The van der Waals surface area contributed by atoms with Crippen molar-refractivity contribution in [2.24, 2.45) is 5.92 Å². The molecule has 3 rings (SSSR count). The maximum absolute atomic E-state index is 12.6. The van der Waals surface area contributed by atoms with Gasteiger partial charge in [-0.3, -0.25) is 9.69 Å². The average molecular weight is 440 g/mol. The lowest BCUT2D eigenvalue weighted by molar-refractivity contribution is -0.126. The van der Waals surface area contributed by atoms with Crippen molar-refractivity contribution in [2.75, 3.05) is 33.2 Å². The Kier molecular flexibility index (Phi) is 7.31. The van der Waals surface area contributed by atoms with Crippen LogP contribution in [-0.2, 0) is 11.2 Å². The van der Waals surface area contributed by atoms with Crippen LogP contribution in [0, 0.1) is 5.92 Å². The fraction of sp³-hybridized carbons (Fsp3) is 0.619. The van der Waals surface area contributed by atoms with Crippen LogP contribution in [0.15, 0.2) is 12.1 Å². The third kappa shape index (κ3) is 4.75. The molecule has 3 N–H and O–H groups in total. The summed E-state index contributed by atoms with van der Waals surface area (Å²) < 4.78 is 10.9. The molecule has 2 aliphatic heterocycles. The minimum Gasteiger partial charge on any atom is -0.493 e. The minimum absolute atomic E-state index is 0.0406. The molecular weight excluding hydrogens is 410 g/mol. The summed E-state index contributed by atoms with van der Waals surface area (Å²) in [5.41, 5.74) is 2.30. The molecule has 4 unspecified atom stereocenters. The van der Waals surface area contributed by atoms with Gasteiger partial charge in [0.1, 0.15) is 0 Å². The van der Waals surface area contributed by atoms with Gasteiger partial charge in [0.25, 0.3) is 0 Å². The highest BCUT2D eigenvalue weighted by Crippen LogP contribution is 2.41. The van der Waals surface area contributed by atoms with E-state index in [0.717, 1.165) is 18.5 Å². The third-order valence-corrected chi connectivity index (χ3v) is 6.35. The summed E-state index contributed by atoms with van der Waals surface area (Å²) in [6, 6.07) is 3.34. The summed E-state index contributed by atoms with van der Waals surface area (Å²) in [4.78, 5) is 26.3. The van der Waals surface area contributed by atoms with Crippen LogP contribution in [0.25, 0.3) is 0 Å². The van der Waals surface area contributed by atoms with Gasteiger partial charge >= 0.3 is 6.09 Å². The van der Waals surface area contributed by atoms with Crippen molar-refractivity contribution in [3.05, 3.63) is 23.3 Å². The van der Waals surface area contributed by atoms with E-state index < -0.39 is 12.1 Å². The second-order valence-corrected chi connectivity index (χ2v) is 8.33. The smallest absolute Gasteiger partial charge is 0.404 e. The van der Waals surface area contributed by atoms with Crippen LogP contribution in [0.5, 0.6) is 11.5 Å². The van der Waals surface area contributed by atoms with E-state index in [4.69, 9.17) is 21.1 Å². The molecule has 2 amide bonds. The highest BCUT2D eigenvalue weighted by atomic mass is 35.5. The standard InChI is InChI=1S/C21H30ClN3O5/c1-12(4-6-22)20(26)23-16-11-25-7-5-13-8-18(29-2)19(30-3)9-14(13)17(25)10-15(16)24-21(27)28/h8-9,12,15-17,24H,4-7,10-11H2,1-3H3,(H,23,26)(H,27,28). The Bertz CT molecular complexity index is 790. The summed E-state index contributed by atoms with van der Waals surface area (Å²) in [6.07, 6.45) is 0.902. The van der Waals surface area contributed by atoms with Crippen LogP contribution >= 0.6 is 11.6 Å². The lowest BCUT2D eigenvalue weighted by Gasteiger charge is -2.47. The fourth-order valence-electron chi connectivity index (χ4n) is 4.44. The van der Waals surface area contributed by atoms with Crippen molar-refractivity contribution in [1.82, 2.24) is 15.5 Å². The summed E-state index contributed by atoms with van der Waals surface area (Å²) in [7, 11) is 3.22. The Hall–Kier alpha value is -2.19. The molecule has 8 nitrogen and oxygen atoms in total. The number of amides is 2. The molecular formula is C21H30ClN3O5. The predicted molar refractivity (Wildman–Crippen MR) is 114 cm³/mol. The van der Waals surface area contributed by atoms with Gasteiger partial charge in [0.15, 0.2) is 11.5 Å². The number of hydrogen-bond acceptors (Lipinski definition) is 5. The topological polar surface area (TPSA) is 100 Å². The van der Waals surface area contributed by atoms with Gasteiger partial charge in [0.05, 0.1) is 26.3 Å². The van der Waals surface area contributed by atoms with Crippen molar-refractivity contribution in [3.8, 4) is 11.5 Å². The number of fused-ring (bicyclic) bond motifs is 3. The van der Waals surface area contributed by atoms with Crippen LogP contribution in [0.1, 0.15) is 36.9 Å². The molecule has 1 saturated heterocycles. The number of carbonyl (C=O) groups is 2. The van der Waals surface area contributed by atoms with Gasteiger partial charge in [0.2, 0.25) is 5.91 Å². The van der Waals surface area contributed by atoms with Crippen LogP contribution in [0.2, 0.25) is 0 Å². The van der Waals surface area contributed by atoms with Gasteiger partial charge in [-0.25, -0.2) is 4.79 Å². The summed E-state index contributed by atoms with van der Waals surface area (Å²) in [5.74, 6) is 1.45. The number of benzene rings is 1. The monoisotopic (exact) mass is 439 g/mol. The highest BCUT2D eigenvalue weighted by Gasteiger charge is 2.41. The molecule has 166 valence electrons. The molecule has 0 aliphatic carbocycles. The number of halogens is 1. The quantitative estimate of drug-likeness (QED) is 0.564. The maximum atomic E-state index is 12.6. The van der Waals surface area contributed by atoms with E-state index in [1.165, 1.54) is 5.56 Å². The lowest BCUT2D eigenvalue weighted by Crippen LogP contribution is -2.62. The molecule has 2 heterocycles. The molecule has 1 aromatic carbocycles. The first kappa shape index (κ1) is 22.5. The number of carboxylic acid groups (broad SMARTS) is 1. The second-order valence-electron chi connectivity index (χ2n) is 7.95. The zero-order valence-electron chi connectivity index (χ0n) is 17.6. The number of hydrogen-bond donors (Lipinski definition) is 3. The zero-order valence-corrected chi connectivity index (χ0v) is 18.4. The molecule has 0 spiro atoms. The number of methoxy groups -OCH3 is 2. The number of ether oxygens (including phenoxy) is 2. The molecule has 0 bridgehead atoms. The number of nitrogens with zero attached hydrogens (tertiary/aromatic N) is 1. The molecule has 1 aromatic rings. The molecule has 30 heavy (non-hydrogen) atoms. The number of nitrogens with one attached hydrogen (secondary N) is 2. The van der Waals surface area contributed by atoms with Gasteiger partial charge in [-0.1, -0.05) is 6.92 Å². The van der Waals surface area contributed by atoms with E-state index in [9.17, 15) is 14.7 Å². The van der Waals surface area contributed by atoms with E-state index >= 15 is 0 Å². The first-order chi connectivity index (χ1) is 14.4. The van der Waals surface area contributed by atoms with E-state index in [1.54, 1.807) is 14.2 Å². The number of rotatable bonds is 7. The molecule has 1 fully saturated rings. The third-order valence-electron chi connectivity index (χ3n) is 6.13. The van der Waals surface area contributed by atoms with Gasteiger partial charge < -0.3 is 25.2 Å².